The Hall–Kier alpha value is -0.960. The molecule has 82 valence electrons. The van der Waals surface area contributed by atoms with Crippen molar-refractivity contribution in [2.45, 2.75) is 52.6 Å². The quantitative estimate of drug-likeness (QED) is 0.816. The molecule has 0 spiro atoms. The lowest BCUT2D eigenvalue weighted by Crippen LogP contribution is -2.05. The molecular weight excluding hydrogens is 186 g/mol. The second kappa shape index (κ2) is 4.71. The first-order valence-electron chi connectivity index (χ1n) is 5.93. The summed E-state index contributed by atoms with van der Waals surface area (Å²) in [4.78, 5) is 9.28. The molecule has 0 aliphatic carbocycles. The van der Waals surface area contributed by atoms with Gasteiger partial charge in [-0.2, -0.15) is 0 Å². The molecule has 1 aliphatic heterocycles. The van der Waals surface area contributed by atoms with Crippen LogP contribution in [-0.2, 0) is 25.9 Å². The highest BCUT2D eigenvalue weighted by molar-refractivity contribution is 5.29. The third-order valence-corrected chi connectivity index (χ3v) is 2.91. The van der Waals surface area contributed by atoms with Gasteiger partial charge in [0.05, 0.1) is 5.69 Å². The van der Waals surface area contributed by atoms with Gasteiger partial charge >= 0.3 is 0 Å². The fraction of sp³-hybridized carbons (Fsp3) is 0.667. The maximum atomic E-state index is 4.65. The minimum absolute atomic E-state index is 0.921. The minimum atomic E-state index is 0.921. The average molecular weight is 205 g/mol. The lowest BCUT2D eigenvalue weighted by atomic mass is 10.1. The standard InChI is InChI=1S/C12H19N3/c1-3-5-6-12-14-10(4-2)9-7-13-8-11(9)15-12/h13H,3-8H2,1-2H3. The van der Waals surface area contributed by atoms with Crippen LogP contribution in [0.25, 0.3) is 0 Å². The molecule has 1 aromatic heterocycles. The normalized spacial score (nSPS) is 14.3. The topological polar surface area (TPSA) is 37.8 Å². The van der Waals surface area contributed by atoms with E-state index in [9.17, 15) is 0 Å². The van der Waals surface area contributed by atoms with Crippen molar-refractivity contribution >= 4 is 0 Å². The molecule has 0 saturated carbocycles. The fourth-order valence-electron chi connectivity index (χ4n) is 2.03. The van der Waals surface area contributed by atoms with Crippen LogP contribution >= 0.6 is 0 Å². The molecule has 0 aromatic carbocycles. The number of rotatable bonds is 4. The van der Waals surface area contributed by atoms with Gasteiger partial charge in [-0.3, -0.25) is 0 Å². The van der Waals surface area contributed by atoms with Crippen LogP contribution in [-0.4, -0.2) is 9.97 Å². The van der Waals surface area contributed by atoms with Gasteiger partial charge in [0.15, 0.2) is 0 Å². The summed E-state index contributed by atoms with van der Waals surface area (Å²) in [5.41, 5.74) is 3.82. The molecule has 2 heterocycles. The van der Waals surface area contributed by atoms with Crippen molar-refractivity contribution in [3.05, 3.63) is 22.8 Å². The highest BCUT2D eigenvalue weighted by Gasteiger charge is 2.17. The van der Waals surface area contributed by atoms with Gasteiger partial charge in [0.2, 0.25) is 0 Å². The zero-order valence-corrected chi connectivity index (χ0v) is 9.64. The van der Waals surface area contributed by atoms with Gasteiger partial charge in [0.1, 0.15) is 5.82 Å². The summed E-state index contributed by atoms with van der Waals surface area (Å²) in [6, 6.07) is 0. The van der Waals surface area contributed by atoms with Crippen molar-refractivity contribution in [2.24, 2.45) is 0 Å². The average Bonchev–Trinajstić information content (AvgIpc) is 2.73. The first-order valence-corrected chi connectivity index (χ1v) is 5.93. The van der Waals surface area contributed by atoms with E-state index in [1.807, 2.05) is 0 Å². The van der Waals surface area contributed by atoms with Crippen molar-refractivity contribution in [2.75, 3.05) is 0 Å². The van der Waals surface area contributed by atoms with Crippen molar-refractivity contribution in [1.29, 1.82) is 0 Å². The van der Waals surface area contributed by atoms with Crippen LogP contribution in [0.5, 0.6) is 0 Å². The Kier molecular flexibility index (Phi) is 3.31. The van der Waals surface area contributed by atoms with Gasteiger partial charge in [-0.1, -0.05) is 20.3 Å². The summed E-state index contributed by atoms with van der Waals surface area (Å²) in [5, 5.41) is 3.34. The zero-order chi connectivity index (χ0) is 10.7. The predicted molar refractivity (Wildman–Crippen MR) is 60.6 cm³/mol. The van der Waals surface area contributed by atoms with Gasteiger partial charge in [-0.15, -0.1) is 0 Å². The molecule has 0 radical (unpaired) electrons. The first kappa shape index (κ1) is 10.6. The molecule has 0 bridgehead atoms. The molecule has 3 heteroatoms. The van der Waals surface area contributed by atoms with Crippen molar-refractivity contribution in [3.8, 4) is 0 Å². The Labute approximate surface area is 91.3 Å². The molecular formula is C12H19N3. The molecule has 0 atom stereocenters. The SMILES string of the molecule is CCCCc1nc(CC)c2c(n1)CNC2. The van der Waals surface area contributed by atoms with Crippen LogP contribution in [0.1, 0.15) is 49.5 Å². The van der Waals surface area contributed by atoms with Crippen LogP contribution in [0, 0.1) is 0 Å². The van der Waals surface area contributed by atoms with E-state index in [-0.39, 0.29) is 0 Å². The lowest BCUT2D eigenvalue weighted by molar-refractivity contribution is 0.731. The highest BCUT2D eigenvalue weighted by Crippen LogP contribution is 2.18. The van der Waals surface area contributed by atoms with Gasteiger partial charge in [-0.25, -0.2) is 9.97 Å². The molecule has 0 saturated heterocycles. The van der Waals surface area contributed by atoms with E-state index < -0.39 is 0 Å². The summed E-state index contributed by atoms with van der Waals surface area (Å²) in [5.74, 6) is 1.04. The van der Waals surface area contributed by atoms with Crippen molar-refractivity contribution in [3.63, 3.8) is 0 Å². The Morgan fingerprint density at radius 3 is 2.80 bits per heavy atom. The summed E-state index contributed by atoms with van der Waals surface area (Å²) in [7, 11) is 0. The molecule has 1 aromatic rings. The third-order valence-electron chi connectivity index (χ3n) is 2.91. The first-order chi connectivity index (χ1) is 7.35. The number of hydrogen-bond donors (Lipinski definition) is 1. The monoisotopic (exact) mass is 205 g/mol. The number of hydrogen-bond acceptors (Lipinski definition) is 3. The van der Waals surface area contributed by atoms with Crippen LogP contribution in [0.3, 0.4) is 0 Å². The van der Waals surface area contributed by atoms with Gasteiger partial charge < -0.3 is 5.32 Å². The largest absolute Gasteiger partial charge is 0.307 e. The molecule has 15 heavy (non-hydrogen) atoms. The van der Waals surface area contributed by atoms with E-state index in [4.69, 9.17) is 0 Å². The Morgan fingerprint density at radius 2 is 2.07 bits per heavy atom. The maximum absolute atomic E-state index is 4.65. The van der Waals surface area contributed by atoms with Crippen molar-refractivity contribution in [1.82, 2.24) is 15.3 Å². The second-order valence-corrected chi connectivity index (χ2v) is 4.07. The number of aryl methyl sites for hydroxylation is 2. The van der Waals surface area contributed by atoms with Gasteiger partial charge in [0, 0.05) is 30.8 Å². The van der Waals surface area contributed by atoms with E-state index >= 15 is 0 Å². The molecule has 3 nitrogen and oxygen atoms in total. The second-order valence-electron chi connectivity index (χ2n) is 4.07. The highest BCUT2D eigenvalue weighted by atomic mass is 15.0. The van der Waals surface area contributed by atoms with Gasteiger partial charge in [-0.05, 0) is 12.8 Å². The number of unbranched alkanes of at least 4 members (excludes halogenated alkanes) is 1. The van der Waals surface area contributed by atoms with Gasteiger partial charge in [0.25, 0.3) is 0 Å². The Morgan fingerprint density at radius 1 is 1.20 bits per heavy atom. The number of fused-ring (bicyclic) bond motifs is 1. The maximum Gasteiger partial charge on any atom is 0.128 e. The minimum Gasteiger partial charge on any atom is -0.307 e. The number of aromatic nitrogens is 2. The molecule has 0 unspecified atom stereocenters. The Bertz CT molecular complexity index is 347. The van der Waals surface area contributed by atoms with E-state index in [0.717, 1.165) is 31.8 Å². The molecule has 2 rings (SSSR count). The summed E-state index contributed by atoms with van der Waals surface area (Å²) >= 11 is 0. The lowest BCUT2D eigenvalue weighted by Gasteiger charge is -2.07. The third kappa shape index (κ3) is 2.17. The Balaban J connectivity index is 2.26. The molecule has 1 N–H and O–H groups in total. The molecule has 0 amide bonds. The summed E-state index contributed by atoms with van der Waals surface area (Å²) in [6.45, 7) is 6.25. The van der Waals surface area contributed by atoms with Crippen LogP contribution in [0.2, 0.25) is 0 Å². The summed E-state index contributed by atoms with van der Waals surface area (Å²) < 4.78 is 0. The predicted octanol–water partition coefficient (Wildman–Crippen LogP) is 1.98. The van der Waals surface area contributed by atoms with E-state index in [1.54, 1.807) is 0 Å². The van der Waals surface area contributed by atoms with Crippen LogP contribution in [0.15, 0.2) is 0 Å². The van der Waals surface area contributed by atoms with Crippen LogP contribution < -0.4 is 5.32 Å². The van der Waals surface area contributed by atoms with E-state index in [1.165, 1.54) is 29.8 Å². The fourth-order valence-corrected chi connectivity index (χ4v) is 2.03. The van der Waals surface area contributed by atoms with Crippen LogP contribution in [0.4, 0.5) is 0 Å². The van der Waals surface area contributed by atoms with E-state index in [2.05, 4.69) is 29.1 Å². The summed E-state index contributed by atoms with van der Waals surface area (Å²) in [6.07, 6.45) is 4.44. The number of nitrogens with one attached hydrogen (secondary N) is 1. The molecule has 0 fully saturated rings. The van der Waals surface area contributed by atoms with E-state index in [0.29, 0.717) is 0 Å². The van der Waals surface area contributed by atoms with Crippen molar-refractivity contribution < 1.29 is 0 Å². The molecule has 1 aliphatic rings. The zero-order valence-electron chi connectivity index (χ0n) is 9.64. The number of nitrogens with zero attached hydrogens (tertiary/aromatic N) is 2. The smallest absolute Gasteiger partial charge is 0.128 e.